The van der Waals surface area contributed by atoms with Gasteiger partial charge >= 0.3 is 12.1 Å². The van der Waals surface area contributed by atoms with Crippen LogP contribution >= 0.6 is 0 Å². The van der Waals surface area contributed by atoms with Crippen molar-refractivity contribution in [3.63, 3.8) is 0 Å². The molecule has 0 saturated carbocycles. The number of nitrogens with zero attached hydrogens (tertiary/aromatic N) is 1. The number of aromatic nitrogens is 1. The van der Waals surface area contributed by atoms with Crippen LogP contribution in [-0.2, 0) is 24.4 Å². The molecule has 11 heteroatoms. The Balaban J connectivity index is 1.42. The van der Waals surface area contributed by atoms with E-state index in [9.17, 15) is 32.7 Å². The number of fused-ring (bicyclic) bond motifs is 2. The van der Waals surface area contributed by atoms with E-state index >= 15 is 8.78 Å². The number of benzene rings is 5. The number of rotatable bonds is 7. The summed E-state index contributed by atoms with van der Waals surface area (Å²) in [7, 11) is 1.38. The summed E-state index contributed by atoms with van der Waals surface area (Å²) in [6.45, 7) is 3.48. The summed E-state index contributed by atoms with van der Waals surface area (Å²) in [5.74, 6) is -5.15. The number of nitrogens with one attached hydrogen (secondary N) is 1. The number of carboxylic acid groups (broad SMARTS) is 1. The highest BCUT2D eigenvalue weighted by Crippen LogP contribution is 2.42. The van der Waals surface area contributed by atoms with Crippen molar-refractivity contribution < 1.29 is 36.6 Å². The van der Waals surface area contributed by atoms with Crippen LogP contribution in [0.3, 0.4) is 0 Å². The van der Waals surface area contributed by atoms with Gasteiger partial charge in [0, 0.05) is 24.4 Å². The van der Waals surface area contributed by atoms with Crippen molar-refractivity contribution in [1.82, 2.24) is 9.88 Å². The molecule has 0 aliphatic heterocycles. The van der Waals surface area contributed by atoms with Crippen LogP contribution in [0.5, 0.6) is 0 Å². The molecule has 0 spiro atoms. The fraction of sp³-hybridized carbons (Fsp3) is 0.154. The van der Waals surface area contributed by atoms with Crippen LogP contribution in [0.25, 0.3) is 43.9 Å². The van der Waals surface area contributed by atoms with Gasteiger partial charge in [0.25, 0.3) is 11.5 Å². The Bertz CT molecular complexity index is 2400. The summed E-state index contributed by atoms with van der Waals surface area (Å²) in [5.41, 5.74) is -1.32. The van der Waals surface area contributed by atoms with Gasteiger partial charge in [-0.25, -0.2) is 13.6 Å². The molecule has 1 heterocycles. The molecule has 1 atom stereocenters. The summed E-state index contributed by atoms with van der Waals surface area (Å²) in [6, 6.07) is 20.3. The van der Waals surface area contributed by atoms with Gasteiger partial charge in [-0.15, -0.1) is 0 Å². The van der Waals surface area contributed by atoms with Crippen LogP contribution in [-0.4, -0.2) is 27.6 Å². The molecule has 0 unspecified atom stereocenters. The number of hydrogen-bond acceptors (Lipinski definition) is 3. The number of halogens is 5. The van der Waals surface area contributed by atoms with E-state index in [0.29, 0.717) is 27.6 Å². The van der Waals surface area contributed by atoms with Gasteiger partial charge in [-0.3, -0.25) is 9.59 Å². The lowest BCUT2D eigenvalue weighted by Gasteiger charge is -2.20. The lowest BCUT2D eigenvalue weighted by Crippen LogP contribution is -2.43. The molecule has 0 bridgehead atoms. The van der Waals surface area contributed by atoms with Gasteiger partial charge in [0.05, 0.1) is 16.6 Å². The number of alkyl halides is 3. The molecular weight excluding hydrogens is 655 g/mol. The number of aliphatic carboxylic acids is 1. The number of carbonyl (C=O) groups is 2. The van der Waals surface area contributed by atoms with E-state index in [-0.39, 0.29) is 27.4 Å². The molecular formula is C39H29F5N2O4. The Hall–Kier alpha value is -5.84. The van der Waals surface area contributed by atoms with E-state index in [1.807, 2.05) is 0 Å². The summed E-state index contributed by atoms with van der Waals surface area (Å²) >= 11 is 0. The summed E-state index contributed by atoms with van der Waals surface area (Å²) in [4.78, 5) is 39.4. The van der Waals surface area contributed by atoms with E-state index in [1.165, 1.54) is 67.7 Å². The molecule has 6 aromatic rings. The Morgan fingerprint density at radius 1 is 0.780 bits per heavy atom. The molecule has 1 aromatic heterocycles. The number of carbonyl (C=O) groups excluding carboxylic acids is 1. The maximum atomic E-state index is 15.8. The second kappa shape index (κ2) is 12.9. The Morgan fingerprint density at radius 3 is 2.08 bits per heavy atom. The lowest BCUT2D eigenvalue weighted by atomic mass is 9.90. The van der Waals surface area contributed by atoms with Crippen molar-refractivity contribution in [2.45, 2.75) is 32.5 Å². The van der Waals surface area contributed by atoms with Crippen molar-refractivity contribution in [3.05, 3.63) is 141 Å². The zero-order valence-corrected chi connectivity index (χ0v) is 27.0. The average Bonchev–Trinajstić information content (AvgIpc) is 3.06. The number of amides is 1. The van der Waals surface area contributed by atoms with E-state index in [0.717, 1.165) is 10.6 Å². The smallest absolute Gasteiger partial charge is 0.417 e. The van der Waals surface area contributed by atoms with Gasteiger partial charge in [-0.05, 0) is 70.6 Å². The summed E-state index contributed by atoms with van der Waals surface area (Å²) in [5, 5.41) is 12.7. The Labute approximate surface area is 282 Å². The van der Waals surface area contributed by atoms with Gasteiger partial charge in [-0.1, -0.05) is 72.8 Å². The molecule has 5 aromatic carbocycles. The van der Waals surface area contributed by atoms with Gasteiger partial charge in [0.1, 0.15) is 23.2 Å². The standard InChI is InChI=1S/C39H29F5N2O4/c1-20-9-6-10-21(2)31(20)27-17-18-28(40)33(35(27)41)36(47)45-29(38(49)50)19-22-11-7-14-24-23(22)13-8-15-25(24)32-34(39(42,43)44)26-12-4-5-16-30(26)46(3)37(32)48/h4-18,29H,19H2,1-3H3,(H,45,47)(H,49,50)/t29-/m0/s1. The Kier molecular flexibility index (Phi) is 8.77. The van der Waals surface area contributed by atoms with E-state index in [1.54, 1.807) is 38.1 Å². The third kappa shape index (κ3) is 5.89. The highest BCUT2D eigenvalue weighted by molar-refractivity contribution is 6.02. The minimum Gasteiger partial charge on any atom is -0.480 e. The first-order valence-corrected chi connectivity index (χ1v) is 15.5. The third-order valence-corrected chi connectivity index (χ3v) is 8.96. The first kappa shape index (κ1) is 34.0. The molecule has 0 aliphatic carbocycles. The maximum Gasteiger partial charge on any atom is 0.417 e. The lowest BCUT2D eigenvalue weighted by molar-refractivity contribution is -0.139. The van der Waals surface area contributed by atoms with Gasteiger partial charge < -0.3 is 15.0 Å². The fourth-order valence-electron chi connectivity index (χ4n) is 6.66. The normalized spacial score (nSPS) is 12.3. The first-order chi connectivity index (χ1) is 23.7. The van der Waals surface area contributed by atoms with Gasteiger partial charge in [0.2, 0.25) is 0 Å². The second-order valence-corrected chi connectivity index (χ2v) is 12.1. The molecule has 50 heavy (non-hydrogen) atoms. The number of para-hydroxylation sites is 1. The van der Waals surface area contributed by atoms with E-state index < -0.39 is 64.4 Å². The van der Waals surface area contributed by atoms with Crippen LogP contribution in [0.15, 0.2) is 95.8 Å². The molecule has 254 valence electrons. The van der Waals surface area contributed by atoms with E-state index in [4.69, 9.17) is 0 Å². The fourth-order valence-corrected chi connectivity index (χ4v) is 6.66. The largest absolute Gasteiger partial charge is 0.480 e. The van der Waals surface area contributed by atoms with E-state index in [2.05, 4.69) is 5.32 Å². The second-order valence-electron chi connectivity index (χ2n) is 12.1. The summed E-state index contributed by atoms with van der Waals surface area (Å²) in [6.07, 6.45) is -5.30. The highest BCUT2D eigenvalue weighted by Gasteiger charge is 2.38. The minimum atomic E-state index is -4.90. The average molecular weight is 685 g/mol. The topological polar surface area (TPSA) is 88.4 Å². The SMILES string of the molecule is Cc1cccc(C)c1-c1ccc(F)c(C(=O)N[C@@H](Cc2cccc3c(-c4c(C(F)(F)F)c5ccccc5n(C)c4=O)cccc23)C(=O)O)c1F. The predicted molar refractivity (Wildman–Crippen MR) is 181 cm³/mol. The molecule has 0 saturated heterocycles. The van der Waals surface area contributed by atoms with Gasteiger partial charge in [-0.2, -0.15) is 13.2 Å². The van der Waals surface area contributed by atoms with Crippen LogP contribution in [0.1, 0.15) is 32.6 Å². The molecule has 6 rings (SSSR count). The minimum absolute atomic E-state index is 0.0219. The van der Waals surface area contributed by atoms with Crippen molar-refractivity contribution in [3.8, 4) is 22.3 Å². The molecule has 0 aliphatic rings. The molecule has 0 radical (unpaired) electrons. The predicted octanol–water partition coefficient (Wildman–Crippen LogP) is 8.37. The van der Waals surface area contributed by atoms with Crippen LogP contribution in [0, 0.1) is 25.5 Å². The number of aryl methyl sites for hydroxylation is 3. The summed E-state index contributed by atoms with van der Waals surface area (Å²) < 4.78 is 76.1. The van der Waals surface area contributed by atoms with Crippen LogP contribution < -0.4 is 10.9 Å². The highest BCUT2D eigenvalue weighted by atomic mass is 19.4. The molecule has 1 amide bonds. The van der Waals surface area contributed by atoms with Gasteiger partial charge in [0.15, 0.2) is 0 Å². The van der Waals surface area contributed by atoms with Crippen LogP contribution in [0.4, 0.5) is 22.0 Å². The Morgan fingerprint density at radius 2 is 1.40 bits per heavy atom. The first-order valence-electron chi connectivity index (χ1n) is 15.5. The monoisotopic (exact) mass is 684 g/mol. The molecule has 6 nitrogen and oxygen atoms in total. The molecule has 2 N–H and O–H groups in total. The van der Waals surface area contributed by atoms with Crippen molar-refractivity contribution in [2.24, 2.45) is 7.05 Å². The number of pyridine rings is 1. The zero-order valence-electron chi connectivity index (χ0n) is 27.0. The third-order valence-electron chi connectivity index (χ3n) is 8.96. The van der Waals surface area contributed by atoms with Crippen molar-refractivity contribution in [2.75, 3.05) is 0 Å². The maximum absolute atomic E-state index is 15.8. The van der Waals surface area contributed by atoms with Crippen LogP contribution in [0.2, 0.25) is 0 Å². The molecule has 0 fully saturated rings. The number of hydrogen-bond donors (Lipinski definition) is 2. The quantitative estimate of drug-likeness (QED) is 0.166. The zero-order chi connectivity index (χ0) is 36.1. The van der Waals surface area contributed by atoms with Crippen molar-refractivity contribution in [1.29, 1.82) is 0 Å². The van der Waals surface area contributed by atoms with Crippen molar-refractivity contribution >= 4 is 33.6 Å². The number of carboxylic acids is 1.